The molecule has 0 atom stereocenters. The van der Waals surface area contributed by atoms with E-state index in [4.69, 9.17) is 9.47 Å². The van der Waals surface area contributed by atoms with Gasteiger partial charge in [0, 0.05) is 15.8 Å². The van der Waals surface area contributed by atoms with Crippen molar-refractivity contribution in [1.29, 1.82) is 0 Å². The molecule has 0 bridgehead atoms. The first-order valence-corrected chi connectivity index (χ1v) is 12.7. The van der Waals surface area contributed by atoms with Gasteiger partial charge in [-0.15, -0.1) is 0 Å². The summed E-state index contributed by atoms with van der Waals surface area (Å²) in [7, 11) is 0. The van der Waals surface area contributed by atoms with Gasteiger partial charge in [-0.2, -0.15) is 5.10 Å². The van der Waals surface area contributed by atoms with Gasteiger partial charge in [-0.3, -0.25) is 14.4 Å². The van der Waals surface area contributed by atoms with Gasteiger partial charge in [0.1, 0.15) is 11.5 Å². The highest BCUT2D eigenvalue weighted by Gasteiger charge is 2.13. The second-order valence-electron chi connectivity index (χ2n) is 8.35. The van der Waals surface area contributed by atoms with Crippen LogP contribution in [-0.2, 0) is 14.4 Å². The van der Waals surface area contributed by atoms with Crippen molar-refractivity contribution in [2.45, 2.75) is 27.2 Å². The summed E-state index contributed by atoms with van der Waals surface area (Å²) in [6.07, 6.45) is 2.28. The minimum Gasteiger partial charge on any atom is -0.494 e. The van der Waals surface area contributed by atoms with Gasteiger partial charge in [-0.1, -0.05) is 22.9 Å². The molecule has 9 nitrogen and oxygen atoms in total. The highest BCUT2D eigenvalue weighted by molar-refractivity contribution is 9.10. The summed E-state index contributed by atoms with van der Waals surface area (Å²) in [5.74, 6) is -0.846. The van der Waals surface area contributed by atoms with Crippen LogP contribution in [-0.4, -0.2) is 37.1 Å². The number of halogens is 1. The van der Waals surface area contributed by atoms with Crippen LogP contribution in [0.4, 0.5) is 11.4 Å². The molecule has 3 N–H and O–H groups in total. The number of amides is 3. The lowest BCUT2D eigenvalue weighted by Crippen LogP contribution is -2.32. The molecule has 3 rings (SSSR count). The number of benzene rings is 3. The normalized spacial score (nSPS) is 10.6. The Bertz CT molecular complexity index is 1280. The minimum atomic E-state index is -0.908. The predicted molar refractivity (Wildman–Crippen MR) is 151 cm³/mol. The molecule has 0 radical (unpaired) electrons. The molecule has 0 fully saturated rings. The number of aryl methyl sites for hydroxylation is 2. The Morgan fingerprint density at radius 2 is 1.47 bits per heavy atom. The smallest absolute Gasteiger partial charge is 0.329 e. The van der Waals surface area contributed by atoms with Crippen LogP contribution < -0.4 is 25.5 Å². The maximum atomic E-state index is 12.3. The number of anilines is 2. The van der Waals surface area contributed by atoms with Crippen molar-refractivity contribution in [2.75, 3.05) is 23.8 Å². The topological polar surface area (TPSA) is 118 Å². The number of carbonyl (C=O) groups is 3. The predicted octanol–water partition coefficient (Wildman–Crippen LogP) is 4.96. The highest BCUT2D eigenvalue weighted by atomic mass is 79.9. The Labute approximate surface area is 229 Å². The third kappa shape index (κ3) is 8.74. The van der Waals surface area contributed by atoms with Gasteiger partial charge in [0.15, 0.2) is 6.61 Å². The monoisotopic (exact) mass is 580 g/mol. The van der Waals surface area contributed by atoms with Crippen molar-refractivity contribution < 1.29 is 23.9 Å². The number of rotatable bonds is 10. The summed E-state index contributed by atoms with van der Waals surface area (Å²) < 4.78 is 12.0. The van der Waals surface area contributed by atoms with E-state index in [2.05, 4.69) is 37.1 Å². The number of nitrogens with zero attached hydrogens (tertiary/aromatic N) is 1. The van der Waals surface area contributed by atoms with Crippen LogP contribution in [0, 0.1) is 13.8 Å². The number of hydrazone groups is 1. The molecule has 10 heteroatoms. The van der Waals surface area contributed by atoms with Crippen LogP contribution >= 0.6 is 15.9 Å². The van der Waals surface area contributed by atoms with Gasteiger partial charge in [-0.25, -0.2) is 5.43 Å². The van der Waals surface area contributed by atoms with E-state index in [0.717, 1.165) is 27.7 Å². The number of carbonyl (C=O) groups excluding carboxylic acids is 3. The maximum absolute atomic E-state index is 12.3. The van der Waals surface area contributed by atoms with E-state index in [9.17, 15) is 14.4 Å². The van der Waals surface area contributed by atoms with Gasteiger partial charge >= 0.3 is 11.8 Å². The fourth-order valence-corrected chi connectivity index (χ4v) is 4.03. The molecule has 38 heavy (non-hydrogen) atoms. The summed E-state index contributed by atoms with van der Waals surface area (Å²) in [5, 5.41) is 9.18. The largest absolute Gasteiger partial charge is 0.494 e. The molecule has 0 aliphatic rings. The first-order valence-electron chi connectivity index (χ1n) is 11.9. The first-order chi connectivity index (χ1) is 18.2. The van der Waals surface area contributed by atoms with E-state index in [1.165, 1.54) is 6.21 Å². The van der Waals surface area contributed by atoms with Gasteiger partial charge in [0.2, 0.25) is 0 Å². The quantitative estimate of drug-likeness (QED) is 0.178. The van der Waals surface area contributed by atoms with Gasteiger partial charge in [0.05, 0.1) is 12.8 Å². The zero-order valence-electron chi connectivity index (χ0n) is 21.3. The van der Waals surface area contributed by atoms with E-state index >= 15 is 0 Å². The number of nitrogens with one attached hydrogen (secondary N) is 3. The SMILES string of the molecule is CCCOc1ccc(NC(=O)C(=O)N/N=C\c2ccc(OCC(=O)Nc3c(C)cc(Br)cc3C)cc2)cc1. The summed E-state index contributed by atoms with van der Waals surface area (Å²) in [6.45, 7) is 6.31. The fraction of sp³-hybridized carbons (Fsp3) is 0.214. The Kier molecular flexibility index (Phi) is 10.4. The number of hydrogen-bond acceptors (Lipinski definition) is 6. The minimum absolute atomic E-state index is 0.151. The number of hydrogen-bond donors (Lipinski definition) is 3. The lowest BCUT2D eigenvalue weighted by atomic mass is 10.1. The summed E-state index contributed by atoms with van der Waals surface area (Å²) >= 11 is 3.44. The standard InChI is InChI=1S/C28H29BrN4O5/c1-4-13-37-23-11-7-22(8-12-23)31-27(35)28(36)33-30-16-20-5-9-24(10-6-20)38-17-25(34)32-26-18(2)14-21(29)15-19(26)3/h5-12,14-16H,4,13,17H2,1-3H3,(H,31,35)(H,32,34)(H,33,36)/b30-16-. The molecule has 0 spiro atoms. The van der Waals surface area contributed by atoms with Crippen LogP contribution in [0.25, 0.3) is 0 Å². The molecule has 0 aromatic heterocycles. The number of ether oxygens (including phenoxy) is 2. The molecule has 198 valence electrons. The lowest BCUT2D eigenvalue weighted by Gasteiger charge is -2.13. The van der Waals surface area contributed by atoms with Crippen molar-refractivity contribution >= 4 is 51.2 Å². The van der Waals surface area contributed by atoms with Crippen LogP contribution in [0.5, 0.6) is 11.5 Å². The van der Waals surface area contributed by atoms with Crippen molar-refractivity contribution in [3.63, 3.8) is 0 Å². The summed E-state index contributed by atoms with van der Waals surface area (Å²) in [4.78, 5) is 36.4. The van der Waals surface area contributed by atoms with Crippen LogP contribution in [0.15, 0.2) is 70.2 Å². The second-order valence-corrected chi connectivity index (χ2v) is 9.26. The molecule has 3 aromatic carbocycles. The summed E-state index contributed by atoms with van der Waals surface area (Å²) in [5.41, 5.74) is 5.97. The molecule has 0 saturated heterocycles. The molecule has 0 unspecified atom stereocenters. The van der Waals surface area contributed by atoms with E-state index in [1.807, 2.05) is 32.9 Å². The van der Waals surface area contributed by atoms with E-state index < -0.39 is 11.8 Å². The average Bonchev–Trinajstić information content (AvgIpc) is 2.89. The average molecular weight is 581 g/mol. The Hall–Kier alpha value is -4.18. The van der Waals surface area contributed by atoms with E-state index in [-0.39, 0.29) is 12.5 Å². The zero-order chi connectivity index (χ0) is 27.5. The fourth-order valence-electron chi connectivity index (χ4n) is 3.34. The molecule has 3 amide bonds. The molecule has 3 aromatic rings. The Morgan fingerprint density at radius 1 is 0.868 bits per heavy atom. The van der Waals surface area contributed by atoms with Crippen molar-refractivity contribution in [3.05, 3.63) is 81.8 Å². The van der Waals surface area contributed by atoms with Crippen molar-refractivity contribution in [1.82, 2.24) is 5.43 Å². The maximum Gasteiger partial charge on any atom is 0.329 e. The van der Waals surface area contributed by atoms with Crippen molar-refractivity contribution in [3.8, 4) is 11.5 Å². The lowest BCUT2D eigenvalue weighted by molar-refractivity contribution is -0.136. The Morgan fingerprint density at radius 3 is 2.11 bits per heavy atom. The zero-order valence-corrected chi connectivity index (χ0v) is 22.9. The highest BCUT2D eigenvalue weighted by Crippen LogP contribution is 2.25. The second kappa shape index (κ2) is 13.9. The first kappa shape index (κ1) is 28.4. The molecule has 0 aliphatic carbocycles. The van der Waals surface area contributed by atoms with Crippen LogP contribution in [0.1, 0.15) is 30.0 Å². The van der Waals surface area contributed by atoms with Gasteiger partial charge in [0.25, 0.3) is 5.91 Å². The molecule has 0 heterocycles. The molecule has 0 saturated carbocycles. The Balaban J connectivity index is 1.43. The van der Waals surface area contributed by atoms with E-state index in [1.54, 1.807) is 48.5 Å². The van der Waals surface area contributed by atoms with Gasteiger partial charge in [-0.05, 0) is 97.6 Å². The van der Waals surface area contributed by atoms with Crippen LogP contribution in [0.2, 0.25) is 0 Å². The molecular formula is C28H29BrN4O5. The van der Waals surface area contributed by atoms with E-state index in [0.29, 0.717) is 29.4 Å². The summed E-state index contributed by atoms with van der Waals surface area (Å²) in [6, 6.07) is 17.3. The molecule has 0 aliphatic heterocycles. The molecular weight excluding hydrogens is 552 g/mol. The van der Waals surface area contributed by atoms with Crippen LogP contribution in [0.3, 0.4) is 0 Å². The third-order valence-electron chi connectivity index (χ3n) is 5.18. The van der Waals surface area contributed by atoms with Gasteiger partial charge < -0.3 is 20.1 Å². The third-order valence-corrected chi connectivity index (χ3v) is 5.64. The van der Waals surface area contributed by atoms with Crippen molar-refractivity contribution in [2.24, 2.45) is 5.10 Å².